The number of benzene rings is 1. The van der Waals surface area contributed by atoms with Crippen LogP contribution in [-0.4, -0.2) is 25.9 Å². The number of aliphatic hydroxyl groups is 1. The lowest BCUT2D eigenvalue weighted by atomic mass is 10.0. The molecule has 0 aromatic heterocycles. The lowest BCUT2D eigenvalue weighted by Crippen LogP contribution is -2.16. The van der Waals surface area contributed by atoms with Gasteiger partial charge in [-0.05, 0) is 18.2 Å². The Morgan fingerprint density at radius 2 is 1.94 bits per heavy atom. The van der Waals surface area contributed by atoms with E-state index in [2.05, 4.69) is 0 Å². The number of halogens is 2. The fourth-order valence-corrected chi connectivity index (χ4v) is 1.37. The number of methoxy groups -OCH3 is 2. The van der Waals surface area contributed by atoms with Gasteiger partial charge in [0.1, 0.15) is 11.5 Å². The van der Waals surface area contributed by atoms with Crippen LogP contribution in [0.4, 0.5) is 8.78 Å². The fourth-order valence-electron chi connectivity index (χ4n) is 1.37. The zero-order valence-electron chi connectivity index (χ0n) is 9.17. The Labute approximate surface area is 92.6 Å². The zero-order chi connectivity index (χ0) is 12.2. The van der Waals surface area contributed by atoms with Crippen LogP contribution in [0.3, 0.4) is 0 Å². The molecule has 3 nitrogen and oxygen atoms in total. The van der Waals surface area contributed by atoms with Crippen molar-refractivity contribution in [2.45, 2.75) is 12.3 Å². The van der Waals surface area contributed by atoms with Crippen LogP contribution in [0.5, 0.6) is 11.5 Å². The molecule has 0 amide bonds. The summed E-state index contributed by atoms with van der Waals surface area (Å²) in [7, 11) is 2.72. The maximum Gasteiger partial charge on any atom is 0.279 e. The molecular formula is C11H14F2O3. The molecule has 16 heavy (non-hydrogen) atoms. The van der Waals surface area contributed by atoms with E-state index in [-0.39, 0.29) is 11.3 Å². The molecule has 0 atom stereocenters. The highest BCUT2D eigenvalue weighted by Gasteiger charge is 2.34. The van der Waals surface area contributed by atoms with Gasteiger partial charge in [0.15, 0.2) is 0 Å². The third-order valence-corrected chi connectivity index (χ3v) is 2.23. The minimum Gasteiger partial charge on any atom is -0.497 e. The molecule has 0 radical (unpaired) electrons. The first-order valence-corrected chi connectivity index (χ1v) is 4.76. The van der Waals surface area contributed by atoms with E-state index < -0.39 is 19.0 Å². The molecule has 0 saturated carbocycles. The second-order valence-corrected chi connectivity index (χ2v) is 3.24. The quantitative estimate of drug-likeness (QED) is 0.845. The summed E-state index contributed by atoms with van der Waals surface area (Å²) in [5.74, 6) is -2.72. The predicted octanol–water partition coefficient (Wildman–Crippen LogP) is 2.18. The topological polar surface area (TPSA) is 38.7 Å². The summed E-state index contributed by atoms with van der Waals surface area (Å²) in [6, 6.07) is 4.17. The van der Waals surface area contributed by atoms with Crippen LogP contribution in [0.2, 0.25) is 0 Å². The molecule has 5 heteroatoms. The highest BCUT2D eigenvalue weighted by atomic mass is 19.3. The SMILES string of the molecule is COc1ccc(OC)c(C(F)(F)CCO)c1. The minimum atomic E-state index is -3.13. The van der Waals surface area contributed by atoms with E-state index in [0.29, 0.717) is 5.75 Å². The van der Waals surface area contributed by atoms with Crippen LogP contribution in [0, 0.1) is 0 Å². The first kappa shape index (κ1) is 12.7. The van der Waals surface area contributed by atoms with Crippen LogP contribution in [0.25, 0.3) is 0 Å². The van der Waals surface area contributed by atoms with Gasteiger partial charge in [-0.25, -0.2) is 8.78 Å². The van der Waals surface area contributed by atoms with Crippen molar-refractivity contribution in [2.75, 3.05) is 20.8 Å². The molecule has 0 spiro atoms. The fraction of sp³-hybridized carbons (Fsp3) is 0.455. The van der Waals surface area contributed by atoms with Gasteiger partial charge in [-0.1, -0.05) is 0 Å². The normalized spacial score (nSPS) is 11.3. The summed E-state index contributed by atoms with van der Waals surface area (Å²) in [4.78, 5) is 0. The number of ether oxygens (including phenoxy) is 2. The molecule has 0 aliphatic heterocycles. The summed E-state index contributed by atoms with van der Waals surface area (Å²) >= 11 is 0. The van der Waals surface area contributed by atoms with E-state index >= 15 is 0 Å². The van der Waals surface area contributed by atoms with Crippen LogP contribution < -0.4 is 9.47 Å². The van der Waals surface area contributed by atoms with Gasteiger partial charge in [0.2, 0.25) is 0 Å². The first-order valence-electron chi connectivity index (χ1n) is 4.76. The molecule has 1 aromatic carbocycles. The molecule has 90 valence electrons. The average Bonchev–Trinajstić information content (AvgIpc) is 2.28. The highest BCUT2D eigenvalue weighted by Crippen LogP contribution is 2.39. The average molecular weight is 232 g/mol. The third kappa shape index (κ3) is 2.61. The lowest BCUT2D eigenvalue weighted by molar-refractivity contribution is -0.0289. The zero-order valence-corrected chi connectivity index (χ0v) is 9.17. The van der Waals surface area contributed by atoms with Gasteiger partial charge in [0, 0.05) is 13.0 Å². The molecule has 0 unspecified atom stereocenters. The Morgan fingerprint density at radius 1 is 1.25 bits per heavy atom. The van der Waals surface area contributed by atoms with Crippen molar-refractivity contribution < 1.29 is 23.4 Å². The van der Waals surface area contributed by atoms with Crippen LogP contribution in [0.1, 0.15) is 12.0 Å². The van der Waals surface area contributed by atoms with Crippen molar-refractivity contribution in [3.8, 4) is 11.5 Å². The molecule has 1 rings (SSSR count). The van der Waals surface area contributed by atoms with E-state index in [9.17, 15) is 8.78 Å². The largest absolute Gasteiger partial charge is 0.497 e. The Balaban J connectivity index is 3.17. The third-order valence-electron chi connectivity index (χ3n) is 2.23. The van der Waals surface area contributed by atoms with E-state index in [0.717, 1.165) is 0 Å². The lowest BCUT2D eigenvalue weighted by Gasteiger charge is -2.19. The van der Waals surface area contributed by atoms with Gasteiger partial charge in [-0.15, -0.1) is 0 Å². The molecule has 1 aromatic rings. The van der Waals surface area contributed by atoms with Crippen molar-refractivity contribution in [1.29, 1.82) is 0 Å². The van der Waals surface area contributed by atoms with Crippen LogP contribution >= 0.6 is 0 Å². The Hall–Kier alpha value is -1.36. The number of hydrogen-bond acceptors (Lipinski definition) is 3. The van der Waals surface area contributed by atoms with E-state index in [4.69, 9.17) is 14.6 Å². The summed E-state index contributed by atoms with van der Waals surface area (Å²) in [6.45, 7) is -0.590. The van der Waals surface area contributed by atoms with Gasteiger partial charge >= 0.3 is 0 Å². The van der Waals surface area contributed by atoms with Crippen molar-refractivity contribution in [3.63, 3.8) is 0 Å². The van der Waals surface area contributed by atoms with Crippen LogP contribution in [-0.2, 0) is 5.92 Å². The van der Waals surface area contributed by atoms with Crippen molar-refractivity contribution in [2.24, 2.45) is 0 Å². The van der Waals surface area contributed by atoms with E-state index in [1.165, 1.54) is 32.4 Å². The minimum absolute atomic E-state index is 0.0826. The number of aliphatic hydroxyl groups excluding tert-OH is 1. The predicted molar refractivity (Wildman–Crippen MR) is 55.1 cm³/mol. The second-order valence-electron chi connectivity index (χ2n) is 3.24. The van der Waals surface area contributed by atoms with Crippen LogP contribution in [0.15, 0.2) is 18.2 Å². The summed E-state index contributed by atoms with van der Waals surface area (Å²) in [5, 5.41) is 8.60. The Morgan fingerprint density at radius 3 is 2.44 bits per heavy atom. The molecule has 0 saturated heterocycles. The summed E-state index contributed by atoms with van der Waals surface area (Å²) in [6.07, 6.45) is -0.642. The number of rotatable bonds is 5. The maximum atomic E-state index is 13.6. The highest BCUT2D eigenvalue weighted by molar-refractivity contribution is 5.42. The van der Waals surface area contributed by atoms with Gasteiger partial charge in [0.25, 0.3) is 5.92 Å². The van der Waals surface area contributed by atoms with Crippen molar-refractivity contribution in [3.05, 3.63) is 23.8 Å². The van der Waals surface area contributed by atoms with Crippen molar-refractivity contribution in [1.82, 2.24) is 0 Å². The molecular weight excluding hydrogens is 218 g/mol. The molecule has 0 fully saturated rings. The van der Waals surface area contributed by atoms with Gasteiger partial charge in [-0.3, -0.25) is 0 Å². The van der Waals surface area contributed by atoms with Gasteiger partial charge in [-0.2, -0.15) is 0 Å². The van der Waals surface area contributed by atoms with Gasteiger partial charge < -0.3 is 14.6 Å². The summed E-state index contributed by atoms with van der Waals surface area (Å²) < 4.78 is 37.0. The molecule has 1 N–H and O–H groups in total. The van der Waals surface area contributed by atoms with E-state index in [1.807, 2.05) is 0 Å². The maximum absolute atomic E-state index is 13.6. The van der Waals surface area contributed by atoms with Crippen molar-refractivity contribution >= 4 is 0 Å². The van der Waals surface area contributed by atoms with Gasteiger partial charge in [0.05, 0.1) is 19.8 Å². The molecule has 0 bridgehead atoms. The molecule has 0 heterocycles. The second kappa shape index (κ2) is 5.12. The molecule has 0 aliphatic carbocycles. The smallest absolute Gasteiger partial charge is 0.279 e. The number of hydrogen-bond donors (Lipinski definition) is 1. The number of alkyl halides is 2. The Bertz CT molecular complexity index is 353. The summed E-state index contributed by atoms with van der Waals surface area (Å²) in [5.41, 5.74) is -0.275. The molecule has 0 aliphatic rings. The standard InChI is InChI=1S/C11H14F2O3/c1-15-8-3-4-10(16-2)9(7-8)11(12,13)5-6-14/h3-4,7,14H,5-6H2,1-2H3. The van der Waals surface area contributed by atoms with E-state index in [1.54, 1.807) is 0 Å². The first-order chi connectivity index (χ1) is 7.55. The monoisotopic (exact) mass is 232 g/mol. The Kier molecular flexibility index (Phi) is 4.06.